The second-order valence-electron chi connectivity index (χ2n) is 4.23. The lowest BCUT2D eigenvalue weighted by molar-refractivity contribution is 0.156. The van der Waals surface area contributed by atoms with Crippen molar-refractivity contribution in [2.45, 2.75) is 38.5 Å². The molecule has 0 aliphatic heterocycles. The molecule has 0 unspecified atom stereocenters. The van der Waals surface area contributed by atoms with E-state index in [0.717, 1.165) is 12.5 Å². The van der Waals surface area contributed by atoms with Gasteiger partial charge in [0, 0.05) is 6.54 Å². The minimum Gasteiger partial charge on any atom is -0.448 e. The van der Waals surface area contributed by atoms with Gasteiger partial charge in [-0.15, -0.1) is 0 Å². The van der Waals surface area contributed by atoms with Crippen LogP contribution in [0.15, 0.2) is 0 Å². The van der Waals surface area contributed by atoms with Crippen LogP contribution >= 0.6 is 0 Å². The van der Waals surface area contributed by atoms with Crippen molar-refractivity contribution >= 4 is 6.09 Å². The molecule has 3 N–H and O–H groups in total. The Morgan fingerprint density at radius 2 is 1.93 bits per heavy atom. The number of ether oxygens (including phenoxy) is 1. The molecule has 0 heterocycles. The summed E-state index contributed by atoms with van der Waals surface area (Å²) in [5, 5.41) is 3.31. The third-order valence-corrected chi connectivity index (χ3v) is 2.93. The highest BCUT2D eigenvalue weighted by atomic mass is 16.5. The van der Waals surface area contributed by atoms with Crippen molar-refractivity contribution in [2.24, 2.45) is 11.7 Å². The van der Waals surface area contributed by atoms with E-state index in [2.05, 4.69) is 10.1 Å². The third kappa shape index (κ3) is 6.33. The maximum Gasteiger partial charge on any atom is 0.404 e. The Kier molecular flexibility index (Phi) is 6.16. The molecule has 1 aliphatic rings. The molecular weight excluding hydrogens is 192 g/mol. The molecule has 1 rings (SSSR count). The van der Waals surface area contributed by atoms with Crippen molar-refractivity contribution in [3.05, 3.63) is 0 Å². The second-order valence-corrected chi connectivity index (χ2v) is 4.23. The van der Waals surface area contributed by atoms with Crippen LogP contribution in [0.3, 0.4) is 0 Å². The summed E-state index contributed by atoms with van der Waals surface area (Å²) < 4.78 is 4.63. The summed E-state index contributed by atoms with van der Waals surface area (Å²) in [5.41, 5.74) is 4.85. The summed E-state index contributed by atoms with van der Waals surface area (Å²) in [5.74, 6) is 0.807. The molecule has 88 valence electrons. The first-order valence-electron chi connectivity index (χ1n) is 5.92. The van der Waals surface area contributed by atoms with Crippen LogP contribution in [-0.2, 0) is 4.74 Å². The first-order valence-corrected chi connectivity index (χ1v) is 5.92. The Labute approximate surface area is 91.5 Å². The van der Waals surface area contributed by atoms with Crippen molar-refractivity contribution in [1.29, 1.82) is 0 Å². The summed E-state index contributed by atoms with van der Waals surface area (Å²) in [6.45, 7) is 2.13. The van der Waals surface area contributed by atoms with Crippen LogP contribution in [0.5, 0.6) is 0 Å². The number of carbonyl (C=O) groups is 1. The van der Waals surface area contributed by atoms with Crippen molar-refractivity contribution in [3.8, 4) is 0 Å². The topological polar surface area (TPSA) is 64.4 Å². The smallest absolute Gasteiger partial charge is 0.404 e. The molecule has 4 nitrogen and oxygen atoms in total. The van der Waals surface area contributed by atoms with Crippen LogP contribution in [0.2, 0.25) is 0 Å². The maximum absolute atomic E-state index is 10.3. The van der Waals surface area contributed by atoms with E-state index in [4.69, 9.17) is 5.73 Å². The molecule has 0 aromatic carbocycles. The SMILES string of the molecule is NC(=O)OCCNCC1CCCCCC1. The van der Waals surface area contributed by atoms with E-state index >= 15 is 0 Å². The van der Waals surface area contributed by atoms with Gasteiger partial charge in [0.2, 0.25) is 0 Å². The van der Waals surface area contributed by atoms with Crippen LogP contribution in [0.25, 0.3) is 0 Å². The molecular formula is C11H22N2O2. The predicted molar refractivity (Wildman–Crippen MR) is 59.6 cm³/mol. The zero-order valence-corrected chi connectivity index (χ0v) is 9.34. The molecule has 1 fully saturated rings. The number of nitrogens with one attached hydrogen (secondary N) is 1. The van der Waals surface area contributed by atoms with E-state index in [9.17, 15) is 4.79 Å². The van der Waals surface area contributed by atoms with Gasteiger partial charge in [-0.25, -0.2) is 4.79 Å². The quantitative estimate of drug-likeness (QED) is 0.540. The number of nitrogens with two attached hydrogens (primary N) is 1. The van der Waals surface area contributed by atoms with E-state index < -0.39 is 6.09 Å². The minimum absolute atomic E-state index is 0.377. The monoisotopic (exact) mass is 214 g/mol. The van der Waals surface area contributed by atoms with Gasteiger partial charge in [0.15, 0.2) is 0 Å². The lowest BCUT2D eigenvalue weighted by Gasteiger charge is -2.14. The van der Waals surface area contributed by atoms with Gasteiger partial charge in [-0.2, -0.15) is 0 Å². The van der Waals surface area contributed by atoms with E-state index in [1.165, 1.54) is 38.5 Å². The molecule has 0 spiro atoms. The average Bonchev–Trinajstić information content (AvgIpc) is 2.45. The van der Waals surface area contributed by atoms with Gasteiger partial charge in [0.25, 0.3) is 0 Å². The van der Waals surface area contributed by atoms with Gasteiger partial charge < -0.3 is 15.8 Å². The molecule has 4 heteroatoms. The zero-order valence-electron chi connectivity index (χ0n) is 9.34. The molecule has 1 amide bonds. The largest absolute Gasteiger partial charge is 0.448 e. The number of amides is 1. The Morgan fingerprint density at radius 1 is 1.27 bits per heavy atom. The molecule has 1 aliphatic carbocycles. The molecule has 0 radical (unpaired) electrons. The highest BCUT2D eigenvalue weighted by Crippen LogP contribution is 2.21. The number of primary amides is 1. The van der Waals surface area contributed by atoms with E-state index in [0.29, 0.717) is 13.2 Å². The molecule has 1 saturated carbocycles. The minimum atomic E-state index is -0.689. The van der Waals surface area contributed by atoms with Crippen molar-refractivity contribution < 1.29 is 9.53 Å². The van der Waals surface area contributed by atoms with Gasteiger partial charge in [0.05, 0.1) is 0 Å². The lowest BCUT2D eigenvalue weighted by atomic mass is 10.0. The lowest BCUT2D eigenvalue weighted by Crippen LogP contribution is -2.28. The fourth-order valence-corrected chi connectivity index (χ4v) is 2.10. The Balaban J connectivity index is 1.96. The third-order valence-electron chi connectivity index (χ3n) is 2.93. The number of hydrogen-bond acceptors (Lipinski definition) is 3. The van der Waals surface area contributed by atoms with Gasteiger partial charge in [0.1, 0.15) is 6.61 Å². The average molecular weight is 214 g/mol. The van der Waals surface area contributed by atoms with Gasteiger partial charge in [-0.1, -0.05) is 25.7 Å². The first-order chi connectivity index (χ1) is 7.29. The van der Waals surface area contributed by atoms with Crippen molar-refractivity contribution in [1.82, 2.24) is 5.32 Å². The summed E-state index contributed by atoms with van der Waals surface area (Å²) in [6.07, 6.45) is 7.50. The van der Waals surface area contributed by atoms with Crippen molar-refractivity contribution in [2.75, 3.05) is 19.7 Å². The van der Waals surface area contributed by atoms with Crippen LogP contribution in [0.4, 0.5) is 4.79 Å². The predicted octanol–water partition coefficient (Wildman–Crippen LogP) is 1.64. The number of hydrogen-bond donors (Lipinski definition) is 2. The second kappa shape index (κ2) is 7.51. The van der Waals surface area contributed by atoms with Crippen LogP contribution in [0, 0.1) is 5.92 Å². The first kappa shape index (κ1) is 12.3. The summed E-state index contributed by atoms with van der Waals surface area (Å²) >= 11 is 0. The zero-order chi connectivity index (χ0) is 10.9. The standard InChI is InChI=1S/C11H22N2O2/c12-11(14)15-8-7-13-9-10-5-3-1-2-4-6-10/h10,13H,1-9H2,(H2,12,14). The molecule has 0 atom stereocenters. The molecule has 0 aromatic heterocycles. The van der Waals surface area contributed by atoms with Gasteiger partial charge in [-0.05, 0) is 25.3 Å². The molecule has 0 saturated heterocycles. The van der Waals surface area contributed by atoms with Crippen molar-refractivity contribution in [3.63, 3.8) is 0 Å². The van der Waals surface area contributed by atoms with Crippen LogP contribution in [-0.4, -0.2) is 25.8 Å². The normalized spacial score (nSPS) is 18.4. The van der Waals surface area contributed by atoms with E-state index in [-0.39, 0.29) is 0 Å². The fourth-order valence-electron chi connectivity index (χ4n) is 2.10. The fraction of sp³-hybridized carbons (Fsp3) is 0.909. The number of rotatable bonds is 5. The van der Waals surface area contributed by atoms with E-state index in [1.54, 1.807) is 0 Å². The highest BCUT2D eigenvalue weighted by Gasteiger charge is 2.11. The van der Waals surface area contributed by atoms with Gasteiger partial charge >= 0.3 is 6.09 Å². The summed E-state index contributed by atoms with van der Waals surface area (Å²) in [4.78, 5) is 10.3. The molecule has 0 bridgehead atoms. The number of carbonyl (C=O) groups excluding carboxylic acids is 1. The highest BCUT2D eigenvalue weighted by molar-refractivity contribution is 5.64. The van der Waals surface area contributed by atoms with Crippen LogP contribution < -0.4 is 11.1 Å². The molecule has 0 aromatic rings. The Hall–Kier alpha value is -0.770. The van der Waals surface area contributed by atoms with Crippen LogP contribution in [0.1, 0.15) is 38.5 Å². The van der Waals surface area contributed by atoms with Gasteiger partial charge in [-0.3, -0.25) is 0 Å². The summed E-state index contributed by atoms with van der Waals surface area (Å²) in [6, 6.07) is 0. The molecule has 15 heavy (non-hydrogen) atoms. The summed E-state index contributed by atoms with van der Waals surface area (Å²) in [7, 11) is 0. The maximum atomic E-state index is 10.3. The van der Waals surface area contributed by atoms with E-state index in [1.807, 2.05) is 0 Å². The Morgan fingerprint density at radius 3 is 2.53 bits per heavy atom. The Bertz CT molecular complexity index is 177.